The lowest BCUT2D eigenvalue weighted by Crippen LogP contribution is -2.44. The van der Waals surface area contributed by atoms with Crippen LogP contribution in [0.3, 0.4) is 0 Å². The lowest BCUT2D eigenvalue weighted by molar-refractivity contribution is 0.196. The standard InChI is InChI=1S/C14H24N4O2S/c1-4-15-14-6-5-13(11-16-14)21(19,20)18-9-7-12(8-10-18)17(2)3/h5-6,11-12H,4,7-10H2,1-3H3,(H,15,16). The molecule has 1 saturated heterocycles. The summed E-state index contributed by atoms with van der Waals surface area (Å²) < 4.78 is 26.7. The molecule has 0 saturated carbocycles. The summed E-state index contributed by atoms with van der Waals surface area (Å²) in [6, 6.07) is 3.80. The average Bonchev–Trinajstić information content (AvgIpc) is 2.48. The summed E-state index contributed by atoms with van der Waals surface area (Å²) >= 11 is 0. The molecule has 0 unspecified atom stereocenters. The van der Waals surface area contributed by atoms with Gasteiger partial charge in [-0.25, -0.2) is 13.4 Å². The van der Waals surface area contributed by atoms with Crippen molar-refractivity contribution in [2.75, 3.05) is 39.0 Å². The van der Waals surface area contributed by atoms with Gasteiger partial charge in [0.1, 0.15) is 10.7 Å². The van der Waals surface area contributed by atoms with Gasteiger partial charge in [0.25, 0.3) is 0 Å². The molecule has 0 spiro atoms. The third-order valence-electron chi connectivity index (χ3n) is 3.89. The van der Waals surface area contributed by atoms with Crippen LogP contribution in [0.4, 0.5) is 5.82 Å². The van der Waals surface area contributed by atoms with Crippen LogP contribution in [-0.4, -0.2) is 62.4 Å². The van der Waals surface area contributed by atoms with Crippen molar-refractivity contribution in [2.45, 2.75) is 30.7 Å². The van der Waals surface area contributed by atoms with E-state index < -0.39 is 10.0 Å². The van der Waals surface area contributed by atoms with Gasteiger partial charge in [0, 0.05) is 31.9 Å². The Morgan fingerprint density at radius 3 is 2.48 bits per heavy atom. The zero-order valence-electron chi connectivity index (χ0n) is 12.9. The van der Waals surface area contributed by atoms with Gasteiger partial charge < -0.3 is 10.2 Å². The first kappa shape index (κ1) is 16.2. The molecule has 0 amide bonds. The van der Waals surface area contributed by atoms with Gasteiger partial charge in [-0.3, -0.25) is 0 Å². The number of piperidine rings is 1. The van der Waals surface area contributed by atoms with Crippen LogP contribution < -0.4 is 5.32 Å². The van der Waals surface area contributed by atoms with Crippen LogP contribution in [0.15, 0.2) is 23.2 Å². The Hall–Kier alpha value is -1.18. The number of hydrogen-bond donors (Lipinski definition) is 1. The average molecular weight is 312 g/mol. The Bertz CT molecular complexity index is 549. The zero-order valence-corrected chi connectivity index (χ0v) is 13.7. The molecule has 0 aromatic carbocycles. The molecule has 1 aliphatic heterocycles. The first-order valence-electron chi connectivity index (χ1n) is 7.31. The Kier molecular flexibility index (Phi) is 5.18. The second-order valence-corrected chi connectivity index (χ2v) is 7.45. The Morgan fingerprint density at radius 2 is 2.00 bits per heavy atom. The van der Waals surface area contributed by atoms with Crippen LogP contribution in [0.25, 0.3) is 0 Å². The second kappa shape index (κ2) is 6.72. The lowest BCUT2D eigenvalue weighted by Gasteiger charge is -2.34. The number of nitrogens with zero attached hydrogens (tertiary/aromatic N) is 3. The van der Waals surface area contributed by atoms with Gasteiger partial charge in [0.2, 0.25) is 10.0 Å². The maximum atomic E-state index is 12.6. The molecular weight excluding hydrogens is 288 g/mol. The van der Waals surface area contributed by atoms with E-state index in [2.05, 4.69) is 15.2 Å². The summed E-state index contributed by atoms with van der Waals surface area (Å²) in [6.45, 7) is 3.87. The molecule has 0 atom stereocenters. The normalized spacial score (nSPS) is 18.1. The van der Waals surface area contributed by atoms with E-state index in [-0.39, 0.29) is 4.90 Å². The largest absolute Gasteiger partial charge is 0.370 e. The van der Waals surface area contributed by atoms with E-state index in [4.69, 9.17) is 0 Å². The van der Waals surface area contributed by atoms with E-state index in [1.807, 2.05) is 21.0 Å². The molecule has 21 heavy (non-hydrogen) atoms. The molecule has 2 heterocycles. The predicted octanol–water partition coefficient (Wildman–Crippen LogP) is 1.23. The minimum absolute atomic E-state index is 0.271. The van der Waals surface area contributed by atoms with E-state index >= 15 is 0 Å². The van der Waals surface area contributed by atoms with Gasteiger partial charge in [-0.1, -0.05) is 0 Å². The summed E-state index contributed by atoms with van der Waals surface area (Å²) in [7, 11) is 0.661. The molecule has 2 rings (SSSR count). The number of pyridine rings is 1. The molecule has 1 aliphatic rings. The van der Waals surface area contributed by atoms with Crippen molar-refractivity contribution in [1.82, 2.24) is 14.2 Å². The van der Waals surface area contributed by atoms with Crippen LogP contribution >= 0.6 is 0 Å². The summed E-state index contributed by atoms with van der Waals surface area (Å²) in [6.07, 6.45) is 3.18. The maximum absolute atomic E-state index is 12.6. The lowest BCUT2D eigenvalue weighted by atomic mass is 10.1. The molecule has 1 N–H and O–H groups in total. The van der Waals surface area contributed by atoms with E-state index in [0.29, 0.717) is 24.9 Å². The molecule has 6 nitrogen and oxygen atoms in total. The van der Waals surface area contributed by atoms with E-state index in [0.717, 1.165) is 19.4 Å². The predicted molar refractivity (Wildman–Crippen MR) is 83.9 cm³/mol. The molecular formula is C14H24N4O2S. The minimum atomic E-state index is -3.42. The van der Waals surface area contributed by atoms with Crippen molar-refractivity contribution in [3.63, 3.8) is 0 Å². The molecule has 1 aromatic heterocycles. The SMILES string of the molecule is CCNc1ccc(S(=O)(=O)N2CCC(N(C)C)CC2)cn1. The fourth-order valence-electron chi connectivity index (χ4n) is 2.57. The minimum Gasteiger partial charge on any atom is -0.370 e. The van der Waals surface area contributed by atoms with Crippen molar-refractivity contribution in [1.29, 1.82) is 0 Å². The summed E-state index contributed by atoms with van der Waals surface area (Å²) in [5, 5.41) is 3.06. The first-order chi connectivity index (χ1) is 9.95. The van der Waals surface area contributed by atoms with Gasteiger partial charge in [-0.2, -0.15) is 4.31 Å². The van der Waals surface area contributed by atoms with Crippen molar-refractivity contribution < 1.29 is 8.42 Å². The van der Waals surface area contributed by atoms with Crippen molar-refractivity contribution in [3.8, 4) is 0 Å². The van der Waals surface area contributed by atoms with Gasteiger partial charge in [0.15, 0.2) is 0 Å². The molecule has 1 aromatic rings. The summed E-state index contributed by atoms with van der Waals surface area (Å²) in [5.74, 6) is 0.697. The van der Waals surface area contributed by atoms with Crippen molar-refractivity contribution in [2.24, 2.45) is 0 Å². The van der Waals surface area contributed by atoms with Gasteiger partial charge >= 0.3 is 0 Å². The number of sulfonamides is 1. The molecule has 7 heteroatoms. The van der Waals surface area contributed by atoms with Crippen LogP contribution in [0.2, 0.25) is 0 Å². The highest BCUT2D eigenvalue weighted by atomic mass is 32.2. The molecule has 0 bridgehead atoms. The van der Waals surface area contributed by atoms with E-state index in [1.165, 1.54) is 6.20 Å². The van der Waals surface area contributed by atoms with E-state index in [9.17, 15) is 8.42 Å². The smallest absolute Gasteiger partial charge is 0.244 e. The Balaban J connectivity index is 2.08. The third kappa shape index (κ3) is 3.72. The van der Waals surface area contributed by atoms with Crippen LogP contribution in [-0.2, 0) is 10.0 Å². The number of aromatic nitrogens is 1. The number of rotatable bonds is 5. The quantitative estimate of drug-likeness (QED) is 0.886. The number of anilines is 1. The second-order valence-electron chi connectivity index (χ2n) is 5.51. The number of nitrogens with one attached hydrogen (secondary N) is 1. The highest BCUT2D eigenvalue weighted by molar-refractivity contribution is 7.89. The van der Waals surface area contributed by atoms with E-state index in [1.54, 1.807) is 16.4 Å². The summed E-state index contributed by atoms with van der Waals surface area (Å²) in [4.78, 5) is 6.58. The van der Waals surface area contributed by atoms with Crippen LogP contribution in [0.1, 0.15) is 19.8 Å². The van der Waals surface area contributed by atoms with Crippen molar-refractivity contribution >= 4 is 15.8 Å². The molecule has 0 radical (unpaired) electrons. The van der Waals surface area contributed by atoms with Gasteiger partial charge in [-0.15, -0.1) is 0 Å². The zero-order chi connectivity index (χ0) is 15.5. The van der Waals surface area contributed by atoms with Gasteiger partial charge in [0.05, 0.1) is 0 Å². The topological polar surface area (TPSA) is 65.5 Å². The highest BCUT2D eigenvalue weighted by Crippen LogP contribution is 2.22. The van der Waals surface area contributed by atoms with Crippen LogP contribution in [0, 0.1) is 0 Å². The molecule has 0 aliphatic carbocycles. The molecule has 118 valence electrons. The van der Waals surface area contributed by atoms with Crippen LogP contribution in [0.5, 0.6) is 0 Å². The maximum Gasteiger partial charge on any atom is 0.244 e. The monoisotopic (exact) mass is 312 g/mol. The van der Waals surface area contributed by atoms with Gasteiger partial charge in [-0.05, 0) is 46.0 Å². The third-order valence-corrected chi connectivity index (χ3v) is 5.77. The fourth-order valence-corrected chi connectivity index (χ4v) is 3.98. The highest BCUT2D eigenvalue weighted by Gasteiger charge is 2.30. The Labute approximate surface area is 127 Å². The first-order valence-corrected chi connectivity index (χ1v) is 8.75. The fraction of sp³-hybridized carbons (Fsp3) is 0.643. The van der Waals surface area contributed by atoms with Crippen molar-refractivity contribution in [3.05, 3.63) is 18.3 Å². The Morgan fingerprint density at radius 1 is 1.33 bits per heavy atom. The number of hydrogen-bond acceptors (Lipinski definition) is 5. The summed E-state index contributed by atoms with van der Waals surface area (Å²) in [5.41, 5.74) is 0. The molecule has 1 fully saturated rings.